The third-order valence-corrected chi connectivity index (χ3v) is 2.22. The highest BCUT2D eigenvalue weighted by Gasteiger charge is 2.13. The number of pyridine rings is 1. The molecule has 0 aliphatic carbocycles. The monoisotopic (exact) mass is 178 g/mol. The highest BCUT2D eigenvalue weighted by atomic mass is 16.5. The second-order valence-corrected chi connectivity index (χ2v) is 3.26. The van der Waals surface area contributed by atoms with Crippen LogP contribution in [0.2, 0.25) is 0 Å². The number of aromatic nitrogens is 1. The summed E-state index contributed by atoms with van der Waals surface area (Å²) in [5.41, 5.74) is 1.30. The fraction of sp³-hybridized carbons (Fsp3) is 0.500. The highest BCUT2D eigenvalue weighted by Crippen LogP contribution is 2.05. The first-order chi connectivity index (χ1) is 6.45. The summed E-state index contributed by atoms with van der Waals surface area (Å²) in [4.78, 5) is 3.98. The van der Waals surface area contributed by atoms with E-state index in [9.17, 15) is 0 Å². The Kier molecular flexibility index (Phi) is 2.90. The molecule has 2 rings (SSSR count). The number of nitrogens with zero attached hydrogens (tertiary/aromatic N) is 1. The van der Waals surface area contributed by atoms with E-state index in [0.717, 1.165) is 26.1 Å². The number of morpholine rings is 1. The SMILES string of the molecule is c1cc(C[C@H]2CNCCO2)ccn1. The molecule has 70 valence electrons. The predicted octanol–water partition coefficient (Wildman–Crippen LogP) is 0.612. The molecule has 0 radical (unpaired) electrons. The minimum Gasteiger partial charge on any atom is -0.375 e. The van der Waals surface area contributed by atoms with E-state index in [1.54, 1.807) is 0 Å². The van der Waals surface area contributed by atoms with Crippen molar-refractivity contribution < 1.29 is 4.74 Å². The molecule has 1 N–H and O–H groups in total. The molecular weight excluding hydrogens is 164 g/mol. The lowest BCUT2D eigenvalue weighted by Gasteiger charge is -2.23. The van der Waals surface area contributed by atoms with E-state index in [1.807, 2.05) is 24.5 Å². The standard InChI is InChI=1S/C10H14N2O/c1-3-11-4-2-9(1)7-10-8-12-5-6-13-10/h1-4,10,12H,5-8H2/t10-/m0/s1. The van der Waals surface area contributed by atoms with Crippen LogP contribution < -0.4 is 5.32 Å². The van der Waals surface area contributed by atoms with Gasteiger partial charge in [-0.3, -0.25) is 4.98 Å². The average molecular weight is 178 g/mol. The maximum Gasteiger partial charge on any atom is 0.0740 e. The fourth-order valence-corrected chi connectivity index (χ4v) is 1.53. The highest BCUT2D eigenvalue weighted by molar-refractivity contribution is 5.11. The summed E-state index contributed by atoms with van der Waals surface area (Å²) in [5.74, 6) is 0. The van der Waals surface area contributed by atoms with Gasteiger partial charge in [0.15, 0.2) is 0 Å². The van der Waals surface area contributed by atoms with Gasteiger partial charge in [0.1, 0.15) is 0 Å². The van der Waals surface area contributed by atoms with Crippen LogP contribution in [0, 0.1) is 0 Å². The molecule has 2 heterocycles. The molecular formula is C10H14N2O. The molecule has 1 aromatic rings. The molecule has 3 nitrogen and oxygen atoms in total. The van der Waals surface area contributed by atoms with Crippen LogP contribution in [0.5, 0.6) is 0 Å². The summed E-state index contributed by atoms with van der Waals surface area (Å²) in [6.45, 7) is 2.77. The van der Waals surface area contributed by atoms with Gasteiger partial charge in [0.05, 0.1) is 12.7 Å². The quantitative estimate of drug-likeness (QED) is 0.720. The number of hydrogen-bond donors (Lipinski definition) is 1. The van der Waals surface area contributed by atoms with Gasteiger partial charge in [-0.2, -0.15) is 0 Å². The molecule has 0 saturated carbocycles. The molecule has 0 spiro atoms. The Bertz CT molecular complexity index is 244. The van der Waals surface area contributed by atoms with Crippen LogP contribution in [-0.4, -0.2) is 30.8 Å². The summed E-state index contributed by atoms with van der Waals surface area (Å²) in [5, 5.41) is 3.31. The van der Waals surface area contributed by atoms with Crippen molar-refractivity contribution >= 4 is 0 Å². The maximum absolute atomic E-state index is 5.60. The lowest BCUT2D eigenvalue weighted by atomic mass is 10.1. The van der Waals surface area contributed by atoms with E-state index in [4.69, 9.17) is 4.74 Å². The largest absolute Gasteiger partial charge is 0.375 e. The smallest absolute Gasteiger partial charge is 0.0740 e. The molecule has 1 aliphatic rings. The van der Waals surface area contributed by atoms with Crippen LogP contribution in [-0.2, 0) is 11.2 Å². The Balaban J connectivity index is 1.90. The Labute approximate surface area is 78.1 Å². The number of ether oxygens (including phenoxy) is 1. The Morgan fingerprint density at radius 1 is 1.46 bits per heavy atom. The van der Waals surface area contributed by atoms with Gasteiger partial charge in [0, 0.05) is 25.5 Å². The van der Waals surface area contributed by atoms with Gasteiger partial charge in [-0.1, -0.05) is 0 Å². The zero-order chi connectivity index (χ0) is 8.93. The normalized spacial score (nSPS) is 22.9. The number of hydrogen-bond acceptors (Lipinski definition) is 3. The molecule has 0 amide bonds. The van der Waals surface area contributed by atoms with E-state index >= 15 is 0 Å². The van der Waals surface area contributed by atoms with Gasteiger partial charge >= 0.3 is 0 Å². The topological polar surface area (TPSA) is 34.1 Å². The van der Waals surface area contributed by atoms with Crippen LogP contribution in [0.25, 0.3) is 0 Å². The first-order valence-corrected chi connectivity index (χ1v) is 4.66. The minimum atomic E-state index is 0.330. The van der Waals surface area contributed by atoms with E-state index in [2.05, 4.69) is 10.3 Å². The lowest BCUT2D eigenvalue weighted by Crippen LogP contribution is -2.39. The van der Waals surface area contributed by atoms with Crippen molar-refractivity contribution in [3.8, 4) is 0 Å². The van der Waals surface area contributed by atoms with Crippen molar-refractivity contribution in [3.63, 3.8) is 0 Å². The van der Waals surface area contributed by atoms with Gasteiger partial charge in [-0.15, -0.1) is 0 Å². The van der Waals surface area contributed by atoms with Crippen LogP contribution >= 0.6 is 0 Å². The van der Waals surface area contributed by atoms with Gasteiger partial charge in [-0.25, -0.2) is 0 Å². The summed E-state index contributed by atoms with van der Waals surface area (Å²) in [7, 11) is 0. The van der Waals surface area contributed by atoms with Crippen molar-refractivity contribution in [2.75, 3.05) is 19.7 Å². The Hall–Kier alpha value is -0.930. The van der Waals surface area contributed by atoms with Crippen molar-refractivity contribution in [1.29, 1.82) is 0 Å². The number of nitrogens with one attached hydrogen (secondary N) is 1. The van der Waals surface area contributed by atoms with Gasteiger partial charge < -0.3 is 10.1 Å². The van der Waals surface area contributed by atoms with E-state index in [1.165, 1.54) is 5.56 Å². The third-order valence-electron chi connectivity index (χ3n) is 2.22. The van der Waals surface area contributed by atoms with Gasteiger partial charge in [0.25, 0.3) is 0 Å². The molecule has 0 unspecified atom stereocenters. The van der Waals surface area contributed by atoms with E-state index in [-0.39, 0.29) is 0 Å². The second-order valence-electron chi connectivity index (χ2n) is 3.26. The Morgan fingerprint density at radius 2 is 2.31 bits per heavy atom. The molecule has 1 aliphatic heterocycles. The predicted molar refractivity (Wildman–Crippen MR) is 50.6 cm³/mol. The van der Waals surface area contributed by atoms with Gasteiger partial charge in [-0.05, 0) is 24.1 Å². The zero-order valence-electron chi connectivity index (χ0n) is 7.57. The van der Waals surface area contributed by atoms with Gasteiger partial charge in [0.2, 0.25) is 0 Å². The van der Waals surface area contributed by atoms with Crippen LogP contribution in [0.4, 0.5) is 0 Å². The molecule has 1 saturated heterocycles. The van der Waals surface area contributed by atoms with E-state index in [0.29, 0.717) is 6.10 Å². The summed E-state index contributed by atoms with van der Waals surface area (Å²) in [6.07, 6.45) is 4.96. The maximum atomic E-state index is 5.60. The lowest BCUT2D eigenvalue weighted by molar-refractivity contribution is 0.0292. The molecule has 13 heavy (non-hydrogen) atoms. The van der Waals surface area contributed by atoms with Crippen LogP contribution in [0.1, 0.15) is 5.56 Å². The minimum absolute atomic E-state index is 0.330. The average Bonchev–Trinajstić information content (AvgIpc) is 2.21. The summed E-state index contributed by atoms with van der Waals surface area (Å²) >= 11 is 0. The molecule has 0 aromatic carbocycles. The third kappa shape index (κ3) is 2.50. The van der Waals surface area contributed by atoms with Crippen molar-refractivity contribution in [1.82, 2.24) is 10.3 Å². The second kappa shape index (κ2) is 4.35. The van der Waals surface area contributed by atoms with Crippen molar-refractivity contribution in [3.05, 3.63) is 30.1 Å². The van der Waals surface area contributed by atoms with Crippen LogP contribution in [0.15, 0.2) is 24.5 Å². The fourth-order valence-electron chi connectivity index (χ4n) is 1.53. The zero-order valence-corrected chi connectivity index (χ0v) is 7.57. The van der Waals surface area contributed by atoms with E-state index < -0.39 is 0 Å². The molecule has 1 aromatic heterocycles. The number of rotatable bonds is 2. The molecule has 1 atom stereocenters. The van der Waals surface area contributed by atoms with Crippen LogP contribution in [0.3, 0.4) is 0 Å². The van der Waals surface area contributed by atoms with Crippen molar-refractivity contribution in [2.45, 2.75) is 12.5 Å². The van der Waals surface area contributed by atoms with Crippen molar-refractivity contribution in [2.24, 2.45) is 0 Å². The first kappa shape index (κ1) is 8.66. The molecule has 0 bridgehead atoms. The summed E-state index contributed by atoms with van der Waals surface area (Å²) in [6, 6.07) is 4.08. The Morgan fingerprint density at radius 3 is 3.00 bits per heavy atom. The molecule has 1 fully saturated rings. The molecule has 3 heteroatoms. The summed E-state index contributed by atoms with van der Waals surface area (Å²) < 4.78 is 5.60. The first-order valence-electron chi connectivity index (χ1n) is 4.66.